The van der Waals surface area contributed by atoms with Gasteiger partial charge in [-0.15, -0.1) is 0 Å². The van der Waals surface area contributed by atoms with Gasteiger partial charge in [0.05, 0.1) is 5.69 Å². The van der Waals surface area contributed by atoms with Gasteiger partial charge in [0, 0.05) is 11.6 Å². The third-order valence-corrected chi connectivity index (χ3v) is 3.14. The summed E-state index contributed by atoms with van der Waals surface area (Å²) in [6, 6.07) is 3.61. The van der Waals surface area contributed by atoms with Crippen molar-refractivity contribution in [3.63, 3.8) is 0 Å². The third-order valence-electron chi connectivity index (χ3n) is 2.51. The summed E-state index contributed by atoms with van der Waals surface area (Å²) in [6.45, 7) is 5.84. The number of carbonyl (C=O) groups is 1. The van der Waals surface area contributed by atoms with Crippen LogP contribution in [0.15, 0.2) is 22.9 Å². The minimum Gasteiger partial charge on any atom is -0.323 e. The number of nitrogens with zero attached hydrogens (tertiary/aromatic N) is 1. The Hall–Kier alpha value is -0.900. The lowest BCUT2D eigenvalue weighted by Gasteiger charge is -2.21. The number of nitrogens with one attached hydrogen (secondary N) is 1. The van der Waals surface area contributed by atoms with Gasteiger partial charge in [-0.05, 0) is 34.5 Å². The van der Waals surface area contributed by atoms with Gasteiger partial charge in [-0.2, -0.15) is 0 Å². The maximum atomic E-state index is 11.9. The molecule has 0 aliphatic carbocycles. The molecule has 1 N–H and O–H groups in total. The zero-order valence-corrected chi connectivity index (χ0v) is 10.8. The highest BCUT2D eigenvalue weighted by Gasteiger charge is 2.25. The van der Waals surface area contributed by atoms with Crippen LogP contribution in [0.4, 0.5) is 5.69 Å². The van der Waals surface area contributed by atoms with Gasteiger partial charge in [-0.25, -0.2) is 4.98 Å². The van der Waals surface area contributed by atoms with Crippen LogP contribution in [-0.2, 0) is 4.79 Å². The summed E-state index contributed by atoms with van der Waals surface area (Å²) < 4.78 is 0.658. The maximum Gasteiger partial charge on any atom is 0.230 e. The van der Waals surface area contributed by atoms with Crippen molar-refractivity contribution in [1.82, 2.24) is 4.98 Å². The van der Waals surface area contributed by atoms with E-state index in [1.54, 1.807) is 12.3 Å². The summed E-state index contributed by atoms with van der Waals surface area (Å²) in [5.41, 5.74) is 0.360. The van der Waals surface area contributed by atoms with E-state index in [4.69, 9.17) is 0 Å². The molecule has 3 nitrogen and oxygen atoms in total. The highest BCUT2D eigenvalue weighted by molar-refractivity contribution is 9.10. The Kier molecular flexibility index (Phi) is 3.85. The van der Waals surface area contributed by atoms with Gasteiger partial charge in [-0.1, -0.05) is 20.8 Å². The van der Waals surface area contributed by atoms with Crippen molar-refractivity contribution in [3.05, 3.63) is 22.9 Å². The Morgan fingerprint density at radius 3 is 2.80 bits per heavy atom. The molecular formula is C11H15BrN2O. The van der Waals surface area contributed by atoms with Crippen LogP contribution in [0.3, 0.4) is 0 Å². The van der Waals surface area contributed by atoms with Crippen LogP contribution >= 0.6 is 15.9 Å². The minimum absolute atomic E-state index is 0.0127. The number of carbonyl (C=O) groups excluding carboxylic acids is 1. The zero-order valence-electron chi connectivity index (χ0n) is 9.17. The fourth-order valence-electron chi connectivity index (χ4n) is 0.931. The lowest BCUT2D eigenvalue weighted by molar-refractivity contribution is -0.124. The van der Waals surface area contributed by atoms with Crippen molar-refractivity contribution in [1.29, 1.82) is 0 Å². The molecule has 1 aromatic rings. The molecule has 0 aliphatic heterocycles. The molecule has 0 bridgehead atoms. The SMILES string of the molecule is CCC(C)(C)C(=O)Nc1cccnc1Br. The molecular weight excluding hydrogens is 256 g/mol. The van der Waals surface area contributed by atoms with E-state index in [9.17, 15) is 4.79 Å². The second-order valence-electron chi connectivity index (χ2n) is 4.03. The third kappa shape index (κ3) is 3.02. The standard InChI is InChI=1S/C11H15BrN2O/c1-4-11(2,3)10(15)14-8-6-5-7-13-9(8)12/h5-7H,4H2,1-3H3,(H,14,15). The van der Waals surface area contributed by atoms with Gasteiger partial charge < -0.3 is 5.32 Å². The number of hydrogen-bond donors (Lipinski definition) is 1. The van der Waals surface area contributed by atoms with Gasteiger partial charge in [0.1, 0.15) is 4.60 Å². The second kappa shape index (κ2) is 4.75. The quantitative estimate of drug-likeness (QED) is 0.857. The number of aromatic nitrogens is 1. The molecule has 4 heteroatoms. The van der Waals surface area contributed by atoms with E-state index in [0.717, 1.165) is 6.42 Å². The first kappa shape index (κ1) is 12.2. The van der Waals surface area contributed by atoms with Crippen LogP contribution in [0, 0.1) is 5.41 Å². The molecule has 0 fully saturated rings. The molecule has 0 aromatic carbocycles. The number of rotatable bonds is 3. The van der Waals surface area contributed by atoms with E-state index in [0.29, 0.717) is 10.3 Å². The molecule has 0 atom stereocenters. The average Bonchev–Trinajstić information content (AvgIpc) is 2.21. The molecule has 1 amide bonds. The molecule has 0 saturated heterocycles. The van der Waals surface area contributed by atoms with Gasteiger partial charge in [0.25, 0.3) is 0 Å². The summed E-state index contributed by atoms with van der Waals surface area (Å²) in [4.78, 5) is 15.9. The monoisotopic (exact) mass is 270 g/mol. The van der Waals surface area contributed by atoms with Crippen molar-refractivity contribution >= 4 is 27.5 Å². The molecule has 1 rings (SSSR count). The summed E-state index contributed by atoms with van der Waals surface area (Å²) in [5, 5.41) is 2.85. The first-order chi connectivity index (χ1) is 6.97. The van der Waals surface area contributed by atoms with Crippen molar-refractivity contribution in [2.75, 3.05) is 5.32 Å². The molecule has 1 aromatic heterocycles. The first-order valence-corrected chi connectivity index (χ1v) is 5.68. The number of pyridine rings is 1. The van der Waals surface area contributed by atoms with E-state index in [-0.39, 0.29) is 11.3 Å². The Balaban J connectivity index is 2.80. The van der Waals surface area contributed by atoms with Crippen LogP contribution in [0.2, 0.25) is 0 Å². The Morgan fingerprint density at radius 2 is 2.27 bits per heavy atom. The summed E-state index contributed by atoms with van der Waals surface area (Å²) >= 11 is 3.29. The molecule has 0 saturated carbocycles. The van der Waals surface area contributed by atoms with Gasteiger partial charge >= 0.3 is 0 Å². The maximum absolute atomic E-state index is 11.9. The number of halogens is 1. The highest BCUT2D eigenvalue weighted by atomic mass is 79.9. The Morgan fingerprint density at radius 1 is 1.60 bits per heavy atom. The topological polar surface area (TPSA) is 42.0 Å². The van der Waals surface area contributed by atoms with Crippen molar-refractivity contribution in [2.24, 2.45) is 5.41 Å². The van der Waals surface area contributed by atoms with Gasteiger partial charge in [0.15, 0.2) is 0 Å². The second-order valence-corrected chi connectivity index (χ2v) is 4.78. The summed E-state index contributed by atoms with van der Waals surface area (Å²) in [6.07, 6.45) is 2.47. The number of amides is 1. The lowest BCUT2D eigenvalue weighted by Crippen LogP contribution is -2.30. The zero-order chi connectivity index (χ0) is 11.5. The molecule has 1 heterocycles. The number of anilines is 1. The van der Waals surface area contributed by atoms with E-state index in [1.807, 2.05) is 26.8 Å². The van der Waals surface area contributed by atoms with Crippen LogP contribution < -0.4 is 5.32 Å². The van der Waals surface area contributed by atoms with E-state index in [2.05, 4.69) is 26.2 Å². The van der Waals surface area contributed by atoms with Gasteiger partial charge in [-0.3, -0.25) is 4.79 Å². The molecule has 15 heavy (non-hydrogen) atoms. The van der Waals surface area contributed by atoms with Crippen molar-refractivity contribution in [2.45, 2.75) is 27.2 Å². The first-order valence-electron chi connectivity index (χ1n) is 4.89. The fourth-order valence-corrected chi connectivity index (χ4v) is 1.28. The molecule has 0 radical (unpaired) electrons. The molecule has 0 unspecified atom stereocenters. The highest BCUT2D eigenvalue weighted by Crippen LogP contribution is 2.24. The molecule has 82 valence electrons. The minimum atomic E-state index is -0.352. The Bertz CT molecular complexity index is 363. The smallest absolute Gasteiger partial charge is 0.230 e. The van der Waals surface area contributed by atoms with Crippen molar-refractivity contribution < 1.29 is 4.79 Å². The molecule has 0 spiro atoms. The average molecular weight is 271 g/mol. The Labute approximate surface area is 98.4 Å². The summed E-state index contributed by atoms with van der Waals surface area (Å²) in [5.74, 6) is 0.0127. The summed E-state index contributed by atoms with van der Waals surface area (Å²) in [7, 11) is 0. The largest absolute Gasteiger partial charge is 0.323 e. The van der Waals surface area contributed by atoms with Crippen LogP contribution in [0.25, 0.3) is 0 Å². The normalized spacial score (nSPS) is 11.2. The van der Waals surface area contributed by atoms with Crippen molar-refractivity contribution in [3.8, 4) is 0 Å². The van der Waals surface area contributed by atoms with E-state index < -0.39 is 0 Å². The van der Waals surface area contributed by atoms with E-state index in [1.165, 1.54) is 0 Å². The predicted molar refractivity (Wildman–Crippen MR) is 64.6 cm³/mol. The predicted octanol–water partition coefficient (Wildman–Crippen LogP) is 3.22. The van der Waals surface area contributed by atoms with E-state index >= 15 is 0 Å². The van der Waals surface area contributed by atoms with Crippen LogP contribution in [0.1, 0.15) is 27.2 Å². The van der Waals surface area contributed by atoms with Crippen LogP contribution in [0.5, 0.6) is 0 Å². The number of hydrogen-bond acceptors (Lipinski definition) is 2. The fraction of sp³-hybridized carbons (Fsp3) is 0.455. The van der Waals surface area contributed by atoms with Crippen LogP contribution in [-0.4, -0.2) is 10.9 Å². The lowest BCUT2D eigenvalue weighted by atomic mass is 9.89. The molecule has 0 aliphatic rings. The van der Waals surface area contributed by atoms with Gasteiger partial charge in [0.2, 0.25) is 5.91 Å².